The minimum Gasteiger partial charge on any atom is -0.300 e. The van der Waals surface area contributed by atoms with E-state index in [1.165, 1.54) is 32.4 Å². The molecular weight excluding hydrogens is 158 g/mol. The summed E-state index contributed by atoms with van der Waals surface area (Å²) >= 11 is 0. The Morgan fingerprint density at radius 1 is 1.00 bits per heavy atom. The fraction of sp³-hybridized carbons (Fsp3) is 1.00. The topological polar surface area (TPSA) is 3.24 Å². The minimum atomic E-state index is 0.758. The van der Waals surface area contributed by atoms with Crippen molar-refractivity contribution in [3.8, 4) is 0 Å². The van der Waals surface area contributed by atoms with Crippen molar-refractivity contribution >= 4 is 0 Å². The lowest BCUT2D eigenvalue weighted by molar-refractivity contribution is 0.176. The Labute approximate surface area is 84.5 Å². The lowest BCUT2D eigenvalue weighted by atomic mass is 10.1. The fourth-order valence-corrected chi connectivity index (χ4v) is 1.57. The molecule has 0 aliphatic rings. The molecule has 13 heavy (non-hydrogen) atoms. The molecule has 2 unspecified atom stereocenters. The van der Waals surface area contributed by atoms with Crippen LogP contribution in [0.2, 0.25) is 0 Å². The molecule has 80 valence electrons. The van der Waals surface area contributed by atoms with E-state index in [0.29, 0.717) is 0 Å². The monoisotopic (exact) mass is 185 g/mol. The molecule has 0 N–H and O–H groups in total. The molecule has 1 heteroatoms. The van der Waals surface area contributed by atoms with Crippen molar-refractivity contribution in [1.82, 2.24) is 4.90 Å². The van der Waals surface area contributed by atoms with E-state index >= 15 is 0 Å². The molecule has 1 nitrogen and oxygen atoms in total. The molecule has 0 rings (SSSR count). The van der Waals surface area contributed by atoms with Gasteiger partial charge in [-0.1, -0.05) is 34.1 Å². The van der Waals surface area contributed by atoms with Gasteiger partial charge in [0.2, 0.25) is 0 Å². The molecule has 0 aromatic rings. The second-order valence-electron chi connectivity index (χ2n) is 4.27. The Hall–Kier alpha value is -0.0400. The highest BCUT2D eigenvalue weighted by Crippen LogP contribution is 2.10. The van der Waals surface area contributed by atoms with E-state index < -0.39 is 0 Å². The molecular formula is C12H27N. The Morgan fingerprint density at radius 2 is 1.62 bits per heavy atom. The minimum absolute atomic E-state index is 0.758. The van der Waals surface area contributed by atoms with Crippen LogP contribution in [0.3, 0.4) is 0 Å². The van der Waals surface area contributed by atoms with Gasteiger partial charge in [0.25, 0.3) is 0 Å². The standard InChI is InChI=1S/C12H27N/c1-6-9-13(12(5)8-3)10-11(4)7-2/h11-12H,6-10H2,1-5H3. The Bertz CT molecular complexity index is 112. The fourth-order valence-electron chi connectivity index (χ4n) is 1.57. The van der Waals surface area contributed by atoms with Gasteiger partial charge in [-0.25, -0.2) is 0 Å². The zero-order chi connectivity index (χ0) is 10.3. The summed E-state index contributed by atoms with van der Waals surface area (Å²) in [6.45, 7) is 14.1. The van der Waals surface area contributed by atoms with Crippen molar-refractivity contribution in [3.63, 3.8) is 0 Å². The van der Waals surface area contributed by atoms with Gasteiger partial charge in [0, 0.05) is 12.6 Å². The zero-order valence-electron chi connectivity index (χ0n) is 10.1. The van der Waals surface area contributed by atoms with Gasteiger partial charge in [0.15, 0.2) is 0 Å². The molecule has 0 spiro atoms. The van der Waals surface area contributed by atoms with Crippen molar-refractivity contribution < 1.29 is 0 Å². The van der Waals surface area contributed by atoms with E-state index in [1.54, 1.807) is 0 Å². The van der Waals surface area contributed by atoms with Crippen LogP contribution in [0.25, 0.3) is 0 Å². The molecule has 0 fully saturated rings. The van der Waals surface area contributed by atoms with Crippen molar-refractivity contribution in [3.05, 3.63) is 0 Å². The first-order chi connectivity index (χ1) is 6.15. The van der Waals surface area contributed by atoms with E-state index in [9.17, 15) is 0 Å². The molecule has 0 radical (unpaired) electrons. The van der Waals surface area contributed by atoms with E-state index in [1.807, 2.05) is 0 Å². The highest BCUT2D eigenvalue weighted by molar-refractivity contribution is 4.67. The van der Waals surface area contributed by atoms with Crippen LogP contribution in [0.1, 0.15) is 53.9 Å². The molecule has 0 bridgehead atoms. The average Bonchev–Trinajstić information content (AvgIpc) is 2.15. The van der Waals surface area contributed by atoms with Gasteiger partial charge in [0.1, 0.15) is 0 Å². The smallest absolute Gasteiger partial charge is 0.00644 e. The van der Waals surface area contributed by atoms with Crippen LogP contribution in [-0.2, 0) is 0 Å². The summed E-state index contributed by atoms with van der Waals surface area (Å²) in [7, 11) is 0. The third-order valence-corrected chi connectivity index (χ3v) is 2.97. The second-order valence-corrected chi connectivity index (χ2v) is 4.27. The lowest BCUT2D eigenvalue weighted by Crippen LogP contribution is -2.36. The quantitative estimate of drug-likeness (QED) is 0.586. The van der Waals surface area contributed by atoms with Crippen molar-refractivity contribution in [2.24, 2.45) is 5.92 Å². The molecule has 0 aromatic heterocycles. The summed E-state index contributed by atoms with van der Waals surface area (Å²) in [5, 5.41) is 0. The maximum absolute atomic E-state index is 2.63. The molecule has 0 aliphatic carbocycles. The highest BCUT2D eigenvalue weighted by Gasteiger charge is 2.13. The van der Waals surface area contributed by atoms with Gasteiger partial charge in [-0.15, -0.1) is 0 Å². The maximum atomic E-state index is 2.63. The van der Waals surface area contributed by atoms with Crippen LogP contribution in [0, 0.1) is 5.92 Å². The van der Waals surface area contributed by atoms with Crippen LogP contribution in [-0.4, -0.2) is 24.0 Å². The Balaban J connectivity index is 3.92. The van der Waals surface area contributed by atoms with Gasteiger partial charge in [-0.3, -0.25) is 0 Å². The normalized spacial score (nSPS) is 16.2. The molecule has 0 heterocycles. The summed E-state index contributed by atoms with van der Waals surface area (Å²) in [6, 6.07) is 0.758. The van der Waals surface area contributed by atoms with Crippen molar-refractivity contribution in [1.29, 1.82) is 0 Å². The first-order valence-electron chi connectivity index (χ1n) is 5.89. The van der Waals surface area contributed by atoms with Crippen molar-refractivity contribution in [2.45, 2.75) is 59.9 Å². The number of hydrogen-bond acceptors (Lipinski definition) is 1. The third-order valence-electron chi connectivity index (χ3n) is 2.97. The van der Waals surface area contributed by atoms with E-state index in [0.717, 1.165) is 12.0 Å². The zero-order valence-corrected chi connectivity index (χ0v) is 10.1. The first-order valence-corrected chi connectivity index (χ1v) is 5.89. The van der Waals surface area contributed by atoms with Gasteiger partial charge in [0.05, 0.1) is 0 Å². The molecule has 0 saturated carbocycles. The summed E-state index contributed by atoms with van der Waals surface area (Å²) in [5.41, 5.74) is 0. The van der Waals surface area contributed by atoms with E-state index in [-0.39, 0.29) is 0 Å². The van der Waals surface area contributed by atoms with Crippen LogP contribution in [0.5, 0.6) is 0 Å². The number of nitrogens with zero attached hydrogens (tertiary/aromatic N) is 1. The third kappa shape index (κ3) is 5.30. The van der Waals surface area contributed by atoms with Gasteiger partial charge in [-0.2, -0.15) is 0 Å². The lowest BCUT2D eigenvalue weighted by Gasteiger charge is -2.30. The average molecular weight is 185 g/mol. The van der Waals surface area contributed by atoms with Crippen molar-refractivity contribution in [2.75, 3.05) is 13.1 Å². The first kappa shape index (κ1) is 13.0. The summed E-state index contributed by atoms with van der Waals surface area (Å²) in [4.78, 5) is 2.63. The van der Waals surface area contributed by atoms with Gasteiger partial charge in [-0.05, 0) is 32.2 Å². The second kappa shape index (κ2) is 7.37. The summed E-state index contributed by atoms with van der Waals surface area (Å²) in [5.74, 6) is 0.848. The molecule has 0 saturated heterocycles. The van der Waals surface area contributed by atoms with E-state index in [2.05, 4.69) is 39.5 Å². The van der Waals surface area contributed by atoms with Gasteiger partial charge < -0.3 is 4.90 Å². The predicted octanol–water partition coefficient (Wildman–Crippen LogP) is 3.54. The number of rotatable bonds is 7. The Morgan fingerprint density at radius 3 is 2.00 bits per heavy atom. The molecule has 0 aromatic carbocycles. The molecule has 2 atom stereocenters. The number of hydrogen-bond donors (Lipinski definition) is 0. The summed E-state index contributed by atoms with van der Waals surface area (Å²) in [6.07, 6.45) is 3.86. The molecule has 0 aliphatic heterocycles. The van der Waals surface area contributed by atoms with Crippen LogP contribution in [0.15, 0.2) is 0 Å². The van der Waals surface area contributed by atoms with E-state index in [4.69, 9.17) is 0 Å². The Kier molecular flexibility index (Phi) is 7.35. The maximum Gasteiger partial charge on any atom is 0.00644 e. The highest BCUT2D eigenvalue weighted by atomic mass is 15.1. The SMILES string of the molecule is CCCN(CC(C)CC)C(C)CC. The van der Waals surface area contributed by atoms with Crippen LogP contribution >= 0.6 is 0 Å². The van der Waals surface area contributed by atoms with Crippen LogP contribution < -0.4 is 0 Å². The molecule has 0 amide bonds. The van der Waals surface area contributed by atoms with Crippen LogP contribution in [0.4, 0.5) is 0 Å². The largest absolute Gasteiger partial charge is 0.300 e. The predicted molar refractivity (Wildman–Crippen MR) is 61.1 cm³/mol. The summed E-state index contributed by atoms with van der Waals surface area (Å²) < 4.78 is 0. The van der Waals surface area contributed by atoms with Gasteiger partial charge >= 0.3 is 0 Å².